The predicted octanol–water partition coefficient (Wildman–Crippen LogP) is 8.73. The normalized spacial score (nSPS) is 42.8. The molecule has 0 N–H and O–H groups in total. The van der Waals surface area contributed by atoms with Crippen molar-refractivity contribution in [3.8, 4) is 0 Å². The van der Waals surface area contributed by atoms with Crippen LogP contribution < -0.4 is 0 Å². The molecule has 5 aliphatic rings. The van der Waals surface area contributed by atoms with Crippen molar-refractivity contribution in [3.63, 3.8) is 0 Å². The van der Waals surface area contributed by atoms with Crippen molar-refractivity contribution in [2.45, 2.75) is 125 Å². The summed E-state index contributed by atoms with van der Waals surface area (Å²) < 4.78 is 0. The molecule has 5 saturated carbocycles. The third-order valence-corrected chi connectivity index (χ3v) is 12.8. The average molecular weight is 507 g/mol. The van der Waals surface area contributed by atoms with Crippen LogP contribution in [-0.2, 0) is 4.79 Å². The number of nitrogens with zero attached hydrogens (tertiary/aromatic N) is 1. The Labute approximate surface area is 230 Å². The Morgan fingerprint density at radius 1 is 0.919 bits per heavy atom. The van der Waals surface area contributed by atoms with Gasteiger partial charge in [-0.1, -0.05) is 53.9 Å². The van der Waals surface area contributed by atoms with E-state index in [1.165, 1.54) is 83.0 Å². The molecule has 5 radical (unpaired) electrons. The Balaban J connectivity index is 1.24. The van der Waals surface area contributed by atoms with Crippen molar-refractivity contribution in [2.75, 3.05) is 6.54 Å². The Kier molecular flexibility index (Phi) is 8.45. The molecule has 0 heterocycles. The van der Waals surface area contributed by atoms with Crippen LogP contribution in [-0.4, -0.2) is 23.4 Å². The summed E-state index contributed by atoms with van der Waals surface area (Å²) in [6.07, 6.45) is 25.4. The van der Waals surface area contributed by atoms with Crippen LogP contribution in [0, 0.1) is 83.9 Å². The maximum Gasteiger partial charge on any atom is 0.219 e. The first-order chi connectivity index (χ1) is 17.6. The number of carbonyl (C=O) groups is 1. The quantitative estimate of drug-likeness (QED) is 0.322. The van der Waals surface area contributed by atoms with E-state index in [1.54, 1.807) is 6.92 Å². The molecule has 0 aliphatic heterocycles. The summed E-state index contributed by atoms with van der Waals surface area (Å²) in [7, 11) is 0. The molecule has 37 heavy (non-hydrogen) atoms. The van der Waals surface area contributed by atoms with Crippen LogP contribution in [0.1, 0.15) is 119 Å². The fourth-order valence-electron chi connectivity index (χ4n) is 10.8. The Bertz CT molecular complexity index is 784. The van der Waals surface area contributed by atoms with Crippen LogP contribution in [0.2, 0.25) is 0 Å². The topological polar surface area (TPSA) is 20.3 Å². The number of hydrogen-bond donors (Lipinski definition) is 0. The van der Waals surface area contributed by atoms with Crippen molar-refractivity contribution in [3.05, 3.63) is 31.6 Å². The second kappa shape index (κ2) is 11.2. The van der Waals surface area contributed by atoms with E-state index in [4.69, 9.17) is 0 Å². The zero-order chi connectivity index (χ0) is 26.4. The summed E-state index contributed by atoms with van der Waals surface area (Å²) in [5.74, 6) is 7.87. The van der Waals surface area contributed by atoms with Gasteiger partial charge in [0.05, 0.1) is 0 Å². The molecule has 2 nitrogen and oxygen atoms in total. The minimum atomic E-state index is 0.261. The summed E-state index contributed by atoms with van der Waals surface area (Å²) in [4.78, 5) is 14.9. The fourth-order valence-corrected chi connectivity index (χ4v) is 10.8. The lowest BCUT2D eigenvalue weighted by Gasteiger charge is -2.62. The molecule has 5 fully saturated rings. The largest absolute Gasteiger partial charge is 0.339 e. The average Bonchev–Trinajstić information content (AvgIpc) is 3.49. The molecule has 5 rings (SSSR count). The van der Waals surface area contributed by atoms with Crippen molar-refractivity contribution >= 4 is 5.91 Å². The fraction of sp³-hybridized carbons (Fsp3) is 0.829. The summed E-state index contributed by atoms with van der Waals surface area (Å²) in [5.41, 5.74) is 1.08. The van der Waals surface area contributed by atoms with Crippen molar-refractivity contribution < 1.29 is 4.79 Å². The number of carbonyl (C=O) groups excluding carboxylic acids is 1. The number of amides is 1. The van der Waals surface area contributed by atoms with E-state index >= 15 is 0 Å². The second-order valence-electron chi connectivity index (χ2n) is 15.1. The van der Waals surface area contributed by atoms with Crippen LogP contribution in [0.15, 0.2) is 0 Å². The van der Waals surface area contributed by atoms with Gasteiger partial charge >= 0.3 is 0 Å². The first-order valence-corrected chi connectivity index (χ1v) is 16.1. The molecule has 0 aromatic carbocycles. The third-order valence-electron chi connectivity index (χ3n) is 12.8. The molecule has 1 unspecified atom stereocenters. The van der Waals surface area contributed by atoms with Gasteiger partial charge in [0.15, 0.2) is 0 Å². The van der Waals surface area contributed by atoms with Crippen LogP contribution in [0.3, 0.4) is 0 Å². The maximum atomic E-state index is 12.7. The van der Waals surface area contributed by atoms with Crippen molar-refractivity contribution in [2.24, 2.45) is 52.3 Å². The van der Waals surface area contributed by atoms with Crippen molar-refractivity contribution in [1.82, 2.24) is 4.90 Å². The lowest BCUT2D eigenvalue weighted by Crippen LogP contribution is -2.56. The molecular formula is C35H56NO. The smallest absolute Gasteiger partial charge is 0.219 e. The van der Waals surface area contributed by atoms with Crippen LogP contribution in [0.25, 0.3) is 0 Å². The van der Waals surface area contributed by atoms with E-state index in [-0.39, 0.29) is 5.91 Å². The summed E-state index contributed by atoms with van der Waals surface area (Å²) in [5, 5.41) is 0. The molecule has 9 atom stereocenters. The van der Waals surface area contributed by atoms with Gasteiger partial charge in [-0.25, -0.2) is 0 Å². The zero-order valence-electron chi connectivity index (χ0n) is 25.0. The standard InChI is InChI=1S/C35H56NO/c1-24(2)10-9-11-25(3)31-16-17-32-30-15-14-28-22-29(36(26(4)37)23-27-12-7-8-13-27)18-20-34(28,5)33(30)19-21-35(31,32)6/h7-8,12-13,24-25,28-33H,9-11,14-23H2,1-6H3/t25-,28?,29-,30+,31-,32+,33+,34+,35-/m1/s1. The van der Waals surface area contributed by atoms with Gasteiger partial charge in [-0.3, -0.25) is 4.79 Å². The molecule has 2 heteroatoms. The van der Waals surface area contributed by atoms with Gasteiger partial charge in [0.1, 0.15) is 0 Å². The van der Waals surface area contributed by atoms with Crippen LogP contribution in [0.5, 0.6) is 0 Å². The van der Waals surface area contributed by atoms with Crippen molar-refractivity contribution in [1.29, 1.82) is 0 Å². The Hall–Kier alpha value is -0.530. The molecule has 0 bridgehead atoms. The van der Waals surface area contributed by atoms with Gasteiger partial charge in [0.2, 0.25) is 5.91 Å². The summed E-state index contributed by atoms with van der Waals surface area (Å²) in [6, 6.07) is 0.429. The van der Waals surface area contributed by atoms with Gasteiger partial charge in [0, 0.05) is 25.4 Å². The van der Waals surface area contributed by atoms with E-state index in [2.05, 4.69) is 65.2 Å². The Morgan fingerprint density at radius 3 is 2.32 bits per heavy atom. The lowest BCUT2D eigenvalue weighted by molar-refractivity contribution is -0.141. The molecule has 1 amide bonds. The second-order valence-corrected chi connectivity index (χ2v) is 15.1. The minimum absolute atomic E-state index is 0.261. The monoisotopic (exact) mass is 506 g/mol. The summed E-state index contributed by atoms with van der Waals surface area (Å²) >= 11 is 0. The summed E-state index contributed by atoms with van der Waals surface area (Å²) in [6.45, 7) is 15.3. The van der Waals surface area contributed by atoms with Gasteiger partial charge in [-0.05, 0) is 136 Å². The highest BCUT2D eigenvalue weighted by Gasteiger charge is 2.60. The molecular weight excluding hydrogens is 450 g/mol. The van der Waals surface area contributed by atoms with E-state index in [0.29, 0.717) is 16.9 Å². The number of rotatable bonds is 8. The lowest BCUT2D eigenvalue weighted by atomic mass is 9.44. The molecule has 207 valence electrons. The van der Waals surface area contributed by atoms with Crippen LogP contribution in [0.4, 0.5) is 0 Å². The minimum Gasteiger partial charge on any atom is -0.339 e. The Morgan fingerprint density at radius 2 is 1.62 bits per heavy atom. The van der Waals surface area contributed by atoms with Gasteiger partial charge < -0.3 is 4.90 Å². The highest BCUT2D eigenvalue weighted by Crippen LogP contribution is 2.68. The molecule has 5 aliphatic carbocycles. The van der Waals surface area contributed by atoms with Gasteiger partial charge in [-0.15, -0.1) is 0 Å². The third kappa shape index (κ3) is 5.31. The van der Waals surface area contributed by atoms with E-state index in [9.17, 15) is 4.79 Å². The van der Waals surface area contributed by atoms with Crippen LogP contribution >= 0.6 is 0 Å². The molecule has 0 saturated heterocycles. The van der Waals surface area contributed by atoms with Gasteiger partial charge in [0.25, 0.3) is 0 Å². The number of hydrogen-bond acceptors (Lipinski definition) is 1. The van der Waals surface area contributed by atoms with E-state index in [0.717, 1.165) is 48.0 Å². The van der Waals surface area contributed by atoms with E-state index in [1.807, 2.05) is 0 Å². The predicted molar refractivity (Wildman–Crippen MR) is 155 cm³/mol. The highest BCUT2D eigenvalue weighted by molar-refractivity contribution is 5.74. The first-order valence-electron chi connectivity index (χ1n) is 16.1. The first kappa shape index (κ1) is 28.0. The molecule has 0 aromatic rings. The SMILES string of the molecule is CC(=O)N(C[C]1[CH][CH][CH][CH]1)[C@@H]1CC[C@@]2(C)C(CC[C@H]3[C@@H]4CC[C@H]([C@H](C)CCCC(C)C)[C@@]4(C)CC[C@@H]32)C1. The maximum absolute atomic E-state index is 12.7. The highest BCUT2D eigenvalue weighted by atomic mass is 16.2. The number of fused-ring (bicyclic) bond motifs is 5. The zero-order valence-corrected chi connectivity index (χ0v) is 25.0. The molecule has 0 spiro atoms. The van der Waals surface area contributed by atoms with Gasteiger partial charge in [-0.2, -0.15) is 0 Å². The van der Waals surface area contributed by atoms with E-state index < -0.39 is 0 Å². The molecule has 0 aromatic heterocycles.